The summed E-state index contributed by atoms with van der Waals surface area (Å²) in [6, 6.07) is 61.1. The van der Waals surface area contributed by atoms with Gasteiger partial charge in [0.25, 0.3) is 0 Å². The SMILES string of the molecule is c1ccc(-c2nc(-c3ccc(-c4ccc(-c5ccccc5)c5oc6cc7ccccc7cc6c45)cc3)nc(-c3ccc4ccccc4c3)n2)cc1. The Morgan fingerprint density at radius 1 is 0.333 bits per heavy atom. The molecule has 0 saturated carbocycles. The van der Waals surface area contributed by atoms with Gasteiger partial charge in [0.15, 0.2) is 17.5 Å². The Morgan fingerprint density at radius 3 is 1.49 bits per heavy atom. The average molecular weight is 652 g/mol. The zero-order valence-electron chi connectivity index (χ0n) is 27.5. The third kappa shape index (κ3) is 5.13. The predicted molar refractivity (Wildman–Crippen MR) is 209 cm³/mol. The van der Waals surface area contributed by atoms with Gasteiger partial charge >= 0.3 is 0 Å². The van der Waals surface area contributed by atoms with Gasteiger partial charge in [-0.05, 0) is 62.5 Å². The van der Waals surface area contributed by atoms with Crippen LogP contribution in [0.1, 0.15) is 0 Å². The number of fused-ring (bicyclic) bond motifs is 5. The molecule has 0 amide bonds. The number of furan rings is 1. The zero-order valence-corrected chi connectivity index (χ0v) is 27.5. The van der Waals surface area contributed by atoms with Crippen LogP contribution in [-0.2, 0) is 0 Å². The maximum atomic E-state index is 6.71. The second-order valence-electron chi connectivity index (χ2n) is 12.8. The van der Waals surface area contributed by atoms with Gasteiger partial charge in [-0.2, -0.15) is 0 Å². The second-order valence-corrected chi connectivity index (χ2v) is 12.8. The molecule has 0 N–H and O–H groups in total. The molecule has 0 saturated heterocycles. The molecule has 0 aliphatic carbocycles. The van der Waals surface area contributed by atoms with Gasteiger partial charge in [-0.15, -0.1) is 0 Å². The molecule has 0 spiro atoms. The standard InChI is InChI=1S/C47H29N3O/c1-3-12-31(13-4-1)40-26-25-39(43-41-28-36-17-9-10-18-37(36)29-42(41)51-44(40)43)32-20-22-34(23-21-32)46-48-45(33-14-5-2-6-15-33)49-47(50-46)38-24-19-30-11-7-8-16-35(30)27-38/h1-29H. The second kappa shape index (κ2) is 11.9. The first-order chi connectivity index (χ1) is 25.2. The molecular weight excluding hydrogens is 623 g/mol. The number of rotatable bonds is 5. The van der Waals surface area contributed by atoms with E-state index in [1.807, 2.05) is 36.4 Å². The maximum Gasteiger partial charge on any atom is 0.164 e. The molecule has 0 radical (unpaired) electrons. The van der Waals surface area contributed by atoms with Gasteiger partial charge in [-0.1, -0.05) is 152 Å². The van der Waals surface area contributed by atoms with Gasteiger partial charge in [-0.3, -0.25) is 0 Å². The molecule has 0 atom stereocenters. The number of hydrogen-bond acceptors (Lipinski definition) is 4. The third-order valence-corrected chi connectivity index (χ3v) is 9.70. The molecule has 4 nitrogen and oxygen atoms in total. The molecule has 10 aromatic rings. The minimum absolute atomic E-state index is 0.628. The quantitative estimate of drug-likeness (QED) is 0.186. The van der Waals surface area contributed by atoms with Crippen LogP contribution in [0.2, 0.25) is 0 Å². The van der Waals surface area contributed by atoms with Gasteiger partial charge in [-0.25, -0.2) is 15.0 Å². The number of aromatic nitrogens is 3. The molecule has 51 heavy (non-hydrogen) atoms. The lowest BCUT2D eigenvalue weighted by molar-refractivity contribution is 0.670. The Balaban J connectivity index is 1.12. The third-order valence-electron chi connectivity index (χ3n) is 9.70. The van der Waals surface area contributed by atoms with Crippen molar-refractivity contribution in [3.8, 4) is 56.4 Å². The van der Waals surface area contributed by atoms with Crippen molar-refractivity contribution in [2.24, 2.45) is 0 Å². The van der Waals surface area contributed by atoms with Crippen LogP contribution in [0.25, 0.3) is 99.9 Å². The fourth-order valence-electron chi connectivity index (χ4n) is 7.13. The largest absolute Gasteiger partial charge is 0.455 e. The minimum Gasteiger partial charge on any atom is -0.455 e. The smallest absolute Gasteiger partial charge is 0.164 e. The predicted octanol–water partition coefficient (Wildman–Crippen LogP) is 12.4. The van der Waals surface area contributed by atoms with Crippen LogP contribution >= 0.6 is 0 Å². The number of benzene rings is 8. The molecule has 238 valence electrons. The topological polar surface area (TPSA) is 51.8 Å². The molecule has 0 bridgehead atoms. The highest BCUT2D eigenvalue weighted by molar-refractivity contribution is 6.18. The Morgan fingerprint density at radius 2 is 0.804 bits per heavy atom. The lowest BCUT2D eigenvalue weighted by atomic mass is 9.93. The van der Waals surface area contributed by atoms with Crippen molar-refractivity contribution in [1.29, 1.82) is 0 Å². The van der Waals surface area contributed by atoms with Crippen molar-refractivity contribution in [3.05, 3.63) is 176 Å². The first kappa shape index (κ1) is 29.0. The Bertz CT molecular complexity index is 2900. The normalized spacial score (nSPS) is 11.5. The van der Waals surface area contributed by atoms with Gasteiger partial charge in [0, 0.05) is 33.0 Å². The van der Waals surface area contributed by atoms with Crippen LogP contribution in [0.5, 0.6) is 0 Å². The van der Waals surface area contributed by atoms with Crippen LogP contribution in [-0.4, -0.2) is 15.0 Å². The van der Waals surface area contributed by atoms with E-state index in [0.717, 1.165) is 71.7 Å². The highest BCUT2D eigenvalue weighted by atomic mass is 16.3. The van der Waals surface area contributed by atoms with E-state index in [1.165, 1.54) is 10.8 Å². The summed E-state index contributed by atoms with van der Waals surface area (Å²) in [5.74, 6) is 1.91. The number of hydrogen-bond donors (Lipinski definition) is 0. The monoisotopic (exact) mass is 651 g/mol. The van der Waals surface area contributed by atoms with Gasteiger partial charge in [0.2, 0.25) is 0 Å². The first-order valence-electron chi connectivity index (χ1n) is 17.1. The molecule has 4 heteroatoms. The van der Waals surface area contributed by atoms with Crippen molar-refractivity contribution in [2.45, 2.75) is 0 Å². The van der Waals surface area contributed by atoms with Crippen molar-refractivity contribution in [1.82, 2.24) is 15.0 Å². The maximum absolute atomic E-state index is 6.71. The van der Waals surface area contributed by atoms with Crippen LogP contribution in [0, 0.1) is 0 Å². The van der Waals surface area contributed by atoms with Crippen LogP contribution in [0.15, 0.2) is 180 Å². The molecule has 0 unspecified atom stereocenters. The molecule has 10 rings (SSSR count). The average Bonchev–Trinajstić information content (AvgIpc) is 3.58. The van der Waals surface area contributed by atoms with Gasteiger partial charge in [0.05, 0.1) is 0 Å². The minimum atomic E-state index is 0.628. The van der Waals surface area contributed by atoms with E-state index in [4.69, 9.17) is 19.4 Å². The summed E-state index contributed by atoms with van der Waals surface area (Å²) in [5, 5.41) is 6.88. The van der Waals surface area contributed by atoms with Crippen molar-refractivity contribution in [2.75, 3.05) is 0 Å². The fraction of sp³-hybridized carbons (Fsp3) is 0. The molecule has 2 aromatic heterocycles. The molecule has 2 heterocycles. The summed E-state index contributed by atoms with van der Waals surface area (Å²) in [6.07, 6.45) is 0. The van der Waals surface area contributed by atoms with E-state index in [2.05, 4.69) is 140 Å². The van der Waals surface area contributed by atoms with Crippen molar-refractivity contribution < 1.29 is 4.42 Å². The summed E-state index contributed by atoms with van der Waals surface area (Å²) in [4.78, 5) is 15.0. The molecule has 0 fully saturated rings. The van der Waals surface area contributed by atoms with E-state index in [0.29, 0.717) is 17.5 Å². The van der Waals surface area contributed by atoms with E-state index >= 15 is 0 Å². The summed E-state index contributed by atoms with van der Waals surface area (Å²) in [6.45, 7) is 0. The zero-order chi connectivity index (χ0) is 33.7. The van der Waals surface area contributed by atoms with Crippen LogP contribution < -0.4 is 0 Å². The Labute approximate surface area is 294 Å². The van der Waals surface area contributed by atoms with Gasteiger partial charge in [0.1, 0.15) is 11.2 Å². The van der Waals surface area contributed by atoms with Gasteiger partial charge < -0.3 is 4.42 Å². The van der Waals surface area contributed by atoms with E-state index < -0.39 is 0 Å². The van der Waals surface area contributed by atoms with Crippen LogP contribution in [0.4, 0.5) is 0 Å². The molecule has 8 aromatic carbocycles. The molecular formula is C47H29N3O. The highest BCUT2D eigenvalue weighted by Crippen LogP contribution is 2.43. The van der Waals surface area contributed by atoms with Crippen LogP contribution in [0.3, 0.4) is 0 Å². The fourth-order valence-corrected chi connectivity index (χ4v) is 7.13. The Kier molecular flexibility index (Phi) is 6.78. The van der Waals surface area contributed by atoms with E-state index in [-0.39, 0.29) is 0 Å². The molecule has 0 aliphatic rings. The lowest BCUT2D eigenvalue weighted by Crippen LogP contribution is -2.00. The summed E-state index contributed by atoms with van der Waals surface area (Å²) in [7, 11) is 0. The summed E-state index contributed by atoms with van der Waals surface area (Å²) in [5.41, 5.74) is 8.98. The van der Waals surface area contributed by atoms with Crippen molar-refractivity contribution >= 4 is 43.5 Å². The Hall–Kier alpha value is -6.91. The van der Waals surface area contributed by atoms with E-state index in [1.54, 1.807) is 0 Å². The lowest BCUT2D eigenvalue weighted by Gasteiger charge is -2.11. The summed E-state index contributed by atoms with van der Waals surface area (Å²) < 4.78 is 6.71. The van der Waals surface area contributed by atoms with Crippen molar-refractivity contribution in [3.63, 3.8) is 0 Å². The highest BCUT2D eigenvalue weighted by Gasteiger charge is 2.19. The number of nitrogens with zero attached hydrogens (tertiary/aromatic N) is 3. The molecule has 0 aliphatic heterocycles. The first-order valence-corrected chi connectivity index (χ1v) is 17.1. The summed E-state index contributed by atoms with van der Waals surface area (Å²) >= 11 is 0. The van der Waals surface area contributed by atoms with E-state index in [9.17, 15) is 0 Å².